The minimum atomic E-state index is -0.228. The molecule has 28 heavy (non-hydrogen) atoms. The van der Waals surface area contributed by atoms with Crippen LogP contribution in [0, 0.1) is 19.8 Å². The molecule has 7 nitrogen and oxygen atoms in total. The van der Waals surface area contributed by atoms with E-state index in [2.05, 4.69) is 34.3 Å². The summed E-state index contributed by atoms with van der Waals surface area (Å²) in [6.07, 6.45) is 1.57. The Labute approximate surface area is 170 Å². The van der Waals surface area contributed by atoms with Crippen LogP contribution in [0.1, 0.15) is 30.8 Å². The van der Waals surface area contributed by atoms with Crippen molar-refractivity contribution in [1.29, 1.82) is 0 Å². The lowest BCUT2D eigenvalue weighted by molar-refractivity contribution is -0.118. The van der Waals surface area contributed by atoms with Crippen molar-refractivity contribution in [1.82, 2.24) is 15.4 Å². The Morgan fingerprint density at radius 1 is 1.21 bits per heavy atom. The standard InChI is InChI=1S/C20H26N4O3S/c1-13(2)11-27-18-9-16(6-7-17(18)26-5)10-21-24-19(25)12-28-20-22-14(3)8-15(4)23-20/h6-10,13H,11-12H2,1-5H3,(H,24,25)/b21-10+. The van der Waals surface area contributed by atoms with Gasteiger partial charge < -0.3 is 9.47 Å². The van der Waals surface area contributed by atoms with Gasteiger partial charge in [0.25, 0.3) is 5.91 Å². The van der Waals surface area contributed by atoms with Crippen molar-refractivity contribution in [3.05, 3.63) is 41.2 Å². The van der Waals surface area contributed by atoms with E-state index < -0.39 is 0 Å². The van der Waals surface area contributed by atoms with Gasteiger partial charge in [0.1, 0.15) is 0 Å². The number of hydrogen-bond donors (Lipinski definition) is 1. The fraction of sp³-hybridized carbons (Fsp3) is 0.400. The second-order valence-corrected chi connectivity index (χ2v) is 7.57. The molecule has 0 aliphatic carbocycles. The lowest BCUT2D eigenvalue weighted by Gasteiger charge is -2.12. The lowest BCUT2D eigenvalue weighted by Crippen LogP contribution is -2.19. The van der Waals surface area contributed by atoms with Crippen LogP contribution < -0.4 is 14.9 Å². The monoisotopic (exact) mass is 402 g/mol. The highest BCUT2D eigenvalue weighted by Gasteiger charge is 2.07. The molecule has 1 heterocycles. The summed E-state index contributed by atoms with van der Waals surface area (Å²) in [5, 5.41) is 4.59. The third-order valence-electron chi connectivity index (χ3n) is 3.46. The van der Waals surface area contributed by atoms with Gasteiger partial charge in [-0.25, -0.2) is 15.4 Å². The number of ether oxygens (including phenoxy) is 2. The van der Waals surface area contributed by atoms with Crippen LogP contribution >= 0.6 is 11.8 Å². The summed E-state index contributed by atoms with van der Waals surface area (Å²) in [6, 6.07) is 7.37. The molecule has 0 unspecified atom stereocenters. The third kappa shape index (κ3) is 7.19. The molecule has 0 radical (unpaired) electrons. The van der Waals surface area contributed by atoms with Crippen LogP contribution in [0.3, 0.4) is 0 Å². The number of nitrogens with one attached hydrogen (secondary N) is 1. The SMILES string of the molecule is COc1ccc(/C=N/NC(=O)CSc2nc(C)cc(C)n2)cc1OCC(C)C. The second-order valence-electron chi connectivity index (χ2n) is 6.63. The van der Waals surface area contributed by atoms with E-state index >= 15 is 0 Å². The van der Waals surface area contributed by atoms with Gasteiger partial charge in [-0.3, -0.25) is 4.79 Å². The average molecular weight is 403 g/mol. The first-order valence-electron chi connectivity index (χ1n) is 8.95. The predicted molar refractivity (Wildman–Crippen MR) is 111 cm³/mol. The van der Waals surface area contributed by atoms with Crippen molar-refractivity contribution < 1.29 is 14.3 Å². The molecule has 0 saturated carbocycles. The van der Waals surface area contributed by atoms with Gasteiger partial charge in [-0.1, -0.05) is 25.6 Å². The highest BCUT2D eigenvalue weighted by atomic mass is 32.2. The van der Waals surface area contributed by atoms with Crippen LogP contribution in [-0.4, -0.2) is 41.6 Å². The average Bonchev–Trinajstić information content (AvgIpc) is 2.64. The van der Waals surface area contributed by atoms with Gasteiger partial charge in [-0.05, 0) is 49.6 Å². The number of aryl methyl sites for hydroxylation is 2. The van der Waals surface area contributed by atoms with Gasteiger partial charge in [0.05, 0.1) is 25.7 Å². The summed E-state index contributed by atoms with van der Waals surface area (Å²) in [6.45, 7) is 8.54. The highest BCUT2D eigenvalue weighted by Crippen LogP contribution is 2.28. The van der Waals surface area contributed by atoms with Gasteiger partial charge >= 0.3 is 0 Å². The summed E-state index contributed by atoms with van der Waals surface area (Å²) in [4.78, 5) is 20.6. The molecule has 0 aliphatic heterocycles. The number of benzene rings is 1. The third-order valence-corrected chi connectivity index (χ3v) is 4.30. The summed E-state index contributed by atoms with van der Waals surface area (Å²) in [5.74, 6) is 1.67. The Kier molecular flexibility index (Phi) is 8.25. The smallest absolute Gasteiger partial charge is 0.250 e. The van der Waals surface area contributed by atoms with Crippen LogP contribution in [0.2, 0.25) is 0 Å². The van der Waals surface area contributed by atoms with Crippen molar-refractivity contribution in [2.24, 2.45) is 11.0 Å². The minimum absolute atomic E-state index is 0.186. The zero-order valence-corrected chi connectivity index (χ0v) is 17.7. The van der Waals surface area contributed by atoms with E-state index in [1.54, 1.807) is 13.3 Å². The van der Waals surface area contributed by atoms with Gasteiger partial charge in [0.15, 0.2) is 16.7 Å². The van der Waals surface area contributed by atoms with Crippen molar-refractivity contribution in [2.75, 3.05) is 19.5 Å². The molecule has 0 spiro atoms. The van der Waals surface area contributed by atoms with E-state index in [0.29, 0.717) is 29.2 Å². The summed E-state index contributed by atoms with van der Waals surface area (Å²) in [7, 11) is 1.60. The topological polar surface area (TPSA) is 85.7 Å². The highest BCUT2D eigenvalue weighted by molar-refractivity contribution is 7.99. The lowest BCUT2D eigenvalue weighted by atomic mass is 10.2. The fourth-order valence-corrected chi connectivity index (χ4v) is 2.98. The molecule has 0 atom stereocenters. The number of hydrazone groups is 1. The Morgan fingerprint density at radius 2 is 1.93 bits per heavy atom. The first-order valence-corrected chi connectivity index (χ1v) is 9.93. The molecule has 2 aromatic rings. The zero-order valence-electron chi connectivity index (χ0n) is 16.9. The van der Waals surface area contributed by atoms with Crippen LogP contribution in [0.25, 0.3) is 0 Å². The van der Waals surface area contributed by atoms with E-state index in [9.17, 15) is 4.79 Å². The molecule has 8 heteroatoms. The van der Waals surface area contributed by atoms with Crippen LogP contribution in [-0.2, 0) is 4.79 Å². The van der Waals surface area contributed by atoms with E-state index in [0.717, 1.165) is 17.0 Å². The fourth-order valence-electron chi connectivity index (χ4n) is 2.24. The molecule has 1 N–H and O–H groups in total. The van der Waals surface area contributed by atoms with Gasteiger partial charge in [0.2, 0.25) is 0 Å². The first-order chi connectivity index (χ1) is 13.4. The number of nitrogens with zero attached hydrogens (tertiary/aromatic N) is 3. The number of amides is 1. The van der Waals surface area contributed by atoms with Crippen LogP contribution in [0.5, 0.6) is 11.5 Å². The van der Waals surface area contributed by atoms with Crippen molar-refractivity contribution >= 4 is 23.9 Å². The molecule has 2 rings (SSSR count). The Balaban J connectivity index is 1.90. The van der Waals surface area contributed by atoms with E-state index in [1.165, 1.54) is 11.8 Å². The van der Waals surface area contributed by atoms with Crippen molar-refractivity contribution in [3.8, 4) is 11.5 Å². The number of rotatable bonds is 9. The largest absolute Gasteiger partial charge is 0.493 e. The maximum atomic E-state index is 12.0. The number of carbonyl (C=O) groups is 1. The van der Waals surface area contributed by atoms with Gasteiger partial charge in [0, 0.05) is 11.4 Å². The maximum Gasteiger partial charge on any atom is 0.250 e. The number of carbonyl (C=O) groups excluding carboxylic acids is 1. The zero-order chi connectivity index (χ0) is 20.5. The molecule has 1 aromatic heterocycles. The molecular weight excluding hydrogens is 376 g/mol. The quantitative estimate of drug-likeness (QED) is 0.300. The first kappa shape index (κ1) is 21.7. The molecule has 1 amide bonds. The number of hydrogen-bond acceptors (Lipinski definition) is 7. The second kappa shape index (κ2) is 10.7. The van der Waals surface area contributed by atoms with Crippen LogP contribution in [0.15, 0.2) is 34.5 Å². The van der Waals surface area contributed by atoms with E-state index in [4.69, 9.17) is 9.47 Å². The van der Waals surface area contributed by atoms with Crippen LogP contribution in [0.4, 0.5) is 0 Å². The molecular formula is C20H26N4O3S. The van der Waals surface area contributed by atoms with E-state index in [1.807, 2.05) is 38.1 Å². The number of thioether (sulfide) groups is 1. The number of aromatic nitrogens is 2. The summed E-state index contributed by atoms with van der Waals surface area (Å²) >= 11 is 1.28. The Bertz CT molecular complexity index is 820. The van der Waals surface area contributed by atoms with Crippen molar-refractivity contribution in [3.63, 3.8) is 0 Å². The molecule has 0 aliphatic rings. The molecule has 0 fully saturated rings. The summed E-state index contributed by atoms with van der Waals surface area (Å²) < 4.78 is 11.1. The Hall–Kier alpha value is -2.61. The molecule has 150 valence electrons. The molecule has 0 bridgehead atoms. The normalized spacial score (nSPS) is 11.1. The molecule has 0 saturated heterocycles. The summed E-state index contributed by atoms with van der Waals surface area (Å²) in [5.41, 5.74) is 5.06. The Morgan fingerprint density at radius 3 is 2.57 bits per heavy atom. The minimum Gasteiger partial charge on any atom is -0.493 e. The molecule has 1 aromatic carbocycles. The van der Waals surface area contributed by atoms with E-state index in [-0.39, 0.29) is 11.7 Å². The predicted octanol–water partition coefficient (Wildman–Crippen LogP) is 3.38. The van der Waals surface area contributed by atoms with Crippen molar-refractivity contribution in [2.45, 2.75) is 32.9 Å². The number of methoxy groups -OCH3 is 1. The maximum absolute atomic E-state index is 12.0. The van der Waals surface area contributed by atoms with Gasteiger partial charge in [-0.2, -0.15) is 5.10 Å². The van der Waals surface area contributed by atoms with Gasteiger partial charge in [-0.15, -0.1) is 0 Å².